The highest BCUT2D eigenvalue weighted by molar-refractivity contribution is 9.10. The molecule has 0 saturated carbocycles. The molecule has 0 aliphatic rings. The lowest BCUT2D eigenvalue weighted by Gasteiger charge is -2.11. The van der Waals surface area contributed by atoms with E-state index in [0.29, 0.717) is 0 Å². The van der Waals surface area contributed by atoms with Crippen molar-refractivity contribution >= 4 is 21.6 Å². The predicted octanol–water partition coefficient (Wildman–Crippen LogP) is 3.67. The van der Waals surface area contributed by atoms with Gasteiger partial charge in [-0.2, -0.15) is 0 Å². The molecule has 0 bridgehead atoms. The normalized spacial score (nSPS) is 9.93. The van der Waals surface area contributed by atoms with E-state index < -0.39 is 0 Å². The van der Waals surface area contributed by atoms with Gasteiger partial charge in [0.15, 0.2) is 0 Å². The maximum atomic E-state index is 5.61. The molecule has 1 aromatic rings. The highest BCUT2D eigenvalue weighted by atomic mass is 79.9. The fourth-order valence-corrected chi connectivity index (χ4v) is 1.53. The molecule has 0 aliphatic carbocycles. The van der Waals surface area contributed by atoms with Gasteiger partial charge in [0.25, 0.3) is 0 Å². The van der Waals surface area contributed by atoms with Gasteiger partial charge in [0.1, 0.15) is 5.75 Å². The first-order valence-corrected chi connectivity index (χ1v) is 5.73. The molecule has 0 amide bonds. The van der Waals surface area contributed by atoms with E-state index in [4.69, 9.17) is 4.74 Å². The van der Waals surface area contributed by atoms with Crippen LogP contribution in [0, 0.1) is 0 Å². The average Bonchev–Trinajstić information content (AvgIpc) is 2.17. The van der Waals surface area contributed by atoms with Gasteiger partial charge in [-0.15, -0.1) is 0 Å². The Morgan fingerprint density at radius 3 is 2.79 bits per heavy atom. The van der Waals surface area contributed by atoms with Gasteiger partial charge < -0.3 is 10.1 Å². The van der Waals surface area contributed by atoms with Crippen LogP contribution in [0.2, 0.25) is 0 Å². The van der Waals surface area contributed by atoms with E-state index in [1.54, 1.807) is 0 Å². The second-order valence-corrected chi connectivity index (χ2v) is 3.93. The fraction of sp³-hybridized carbons (Fsp3) is 0.455. The molecule has 2 nitrogen and oxygen atoms in total. The van der Waals surface area contributed by atoms with E-state index in [2.05, 4.69) is 35.1 Å². The molecule has 0 radical (unpaired) electrons. The van der Waals surface area contributed by atoms with Gasteiger partial charge in [-0.25, -0.2) is 0 Å². The zero-order valence-corrected chi connectivity index (χ0v) is 10.2. The van der Waals surface area contributed by atoms with Crippen LogP contribution in [0.15, 0.2) is 22.7 Å². The molecule has 1 rings (SSSR count). The lowest BCUT2D eigenvalue weighted by Crippen LogP contribution is -2.02. The number of ether oxygens (including phenoxy) is 1. The standard InChI is InChI=1S/C11H16BrNO/c1-3-7-14-11-6-5-9(12)8-10(11)13-4-2/h5-6,8,13H,3-4,7H2,1-2H3. The molecule has 0 fully saturated rings. The summed E-state index contributed by atoms with van der Waals surface area (Å²) in [5, 5.41) is 3.27. The van der Waals surface area contributed by atoms with E-state index in [1.165, 1.54) is 0 Å². The van der Waals surface area contributed by atoms with Gasteiger partial charge in [-0.3, -0.25) is 0 Å². The van der Waals surface area contributed by atoms with Crippen molar-refractivity contribution < 1.29 is 4.74 Å². The first kappa shape index (κ1) is 11.4. The summed E-state index contributed by atoms with van der Waals surface area (Å²) in [6, 6.07) is 6.01. The minimum absolute atomic E-state index is 0.764. The molecule has 78 valence electrons. The van der Waals surface area contributed by atoms with Crippen molar-refractivity contribution in [3.05, 3.63) is 22.7 Å². The van der Waals surface area contributed by atoms with Gasteiger partial charge in [0.2, 0.25) is 0 Å². The van der Waals surface area contributed by atoms with Crippen LogP contribution in [0.25, 0.3) is 0 Å². The van der Waals surface area contributed by atoms with Crippen molar-refractivity contribution in [2.45, 2.75) is 20.3 Å². The van der Waals surface area contributed by atoms with Gasteiger partial charge >= 0.3 is 0 Å². The highest BCUT2D eigenvalue weighted by Crippen LogP contribution is 2.28. The molecule has 14 heavy (non-hydrogen) atoms. The molecule has 0 aromatic heterocycles. The van der Waals surface area contributed by atoms with Crippen molar-refractivity contribution in [2.75, 3.05) is 18.5 Å². The number of benzene rings is 1. The van der Waals surface area contributed by atoms with E-state index >= 15 is 0 Å². The molecule has 0 aliphatic heterocycles. The molecule has 0 atom stereocenters. The van der Waals surface area contributed by atoms with E-state index in [9.17, 15) is 0 Å². The molecule has 0 heterocycles. The van der Waals surface area contributed by atoms with Gasteiger partial charge in [0.05, 0.1) is 12.3 Å². The van der Waals surface area contributed by atoms with Gasteiger partial charge in [-0.05, 0) is 31.5 Å². The molecule has 3 heteroatoms. The Hall–Kier alpha value is -0.700. The molecule has 0 unspecified atom stereocenters. The number of anilines is 1. The second kappa shape index (κ2) is 5.91. The Kier molecular flexibility index (Phi) is 4.80. The molecular formula is C11H16BrNO. The summed E-state index contributed by atoms with van der Waals surface area (Å²) in [6.07, 6.45) is 1.03. The van der Waals surface area contributed by atoms with E-state index in [0.717, 1.165) is 35.5 Å². The Morgan fingerprint density at radius 2 is 2.14 bits per heavy atom. The third-order valence-electron chi connectivity index (χ3n) is 1.77. The van der Waals surface area contributed by atoms with Crippen molar-refractivity contribution in [3.63, 3.8) is 0 Å². The van der Waals surface area contributed by atoms with Crippen LogP contribution in [0.5, 0.6) is 5.75 Å². The molecule has 0 saturated heterocycles. The highest BCUT2D eigenvalue weighted by Gasteiger charge is 2.02. The lowest BCUT2D eigenvalue weighted by atomic mass is 10.3. The van der Waals surface area contributed by atoms with Crippen LogP contribution in [0.4, 0.5) is 5.69 Å². The zero-order chi connectivity index (χ0) is 10.4. The fourth-order valence-electron chi connectivity index (χ4n) is 1.17. The molecular weight excluding hydrogens is 242 g/mol. The number of nitrogens with one attached hydrogen (secondary N) is 1. The smallest absolute Gasteiger partial charge is 0.142 e. The predicted molar refractivity (Wildman–Crippen MR) is 64.1 cm³/mol. The Bertz CT molecular complexity index is 289. The number of halogens is 1. The van der Waals surface area contributed by atoms with Crippen LogP contribution in [0.3, 0.4) is 0 Å². The zero-order valence-electron chi connectivity index (χ0n) is 8.64. The van der Waals surface area contributed by atoms with Crippen molar-refractivity contribution in [2.24, 2.45) is 0 Å². The summed E-state index contributed by atoms with van der Waals surface area (Å²) < 4.78 is 6.68. The molecule has 0 spiro atoms. The van der Waals surface area contributed by atoms with Gasteiger partial charge in [-0.1, -0.05) is 22.9 Å². The van der Waals surface area contributed by atoms with Crippen LogP contribution in [0.1, 0.15) is 20.3 Å². The number of hydrogen-bond acceptors (Lipinski definition) is 2. The summed E-state index contributed by atoms with van der Waals surface area (Å²) in [5.41, 5.74) is 1.05. The monoisotopic (exact) mass is 257 g/mol. The van der Waals surface area contributed by atoms with Crippen molar-refractivity contribution in [1.82, 2.24) is 0 Å². The SMILES string of the molecule is CCCOc1ccc(Br)cc1NCC. The Labute approximate surface area is 93.8 Å². The average molecular weight is 258 g/mol. The van der Waals surface area contributed by atoms with Crippen LogP contribution in [-0.4, -0.2) is 13.2 Å². The van der Waals surface area contributed by atoms with E-state index in [-0.39, 0.29) is 0 Å². The third kappa shape index (κ3) is 3.22. The van der Waals surface area contributed by atoms with Crippen LogP contribution in [-0.2, 0) is 0 Å². The minimum atomic E-state index is 0.764. The summed E-state index contributed by atoms with van der Waals surface area (Å²) in [6.45, 7) is 5.84. The van der Waals surface area contributed by atoms with E-state index in [1.807, 2.05) is 18.2 Å². The van der Waals surface area contributed by atoms with Crippen LogP contribution >= 0.6 is 15.9 Å². The molecule has 1 N–H and O–H groups in total. The first-order valence-electron chi connectivity index (χ1n) is 4.94. The summed E-state index contributed by atoms with van der Waals surface area (Å²) in [5.74, 6) is 0.928. The molecule has 1 aromatic carbocycles. The summed E-state index contributed by atoms with van der Waals surface area (Å²) in [7, 11) is 0. The van der Waals surface area contributed by atoms with Crippen molar-refractivity contribution in [1.29, 1.82) is 0 Å². The third-order valence-corrected chi connectivity index (χ3v) is 2.26. The van der Waals surface area contributed by atoms with Gasteiger partial charge in [0, 0.05) is 11.0 Å². The topological polar surface area (TPSA) is 21.3 Å². The maximum Gasteiger partial charge on any atom is 0.142 e. The second-order valence-electron chi connectivity index (χ2n) is 3.02. The summed E-state index contributed by atoms with van der Waals surface area (Å²) in [4.78, 5) is 0. The summed E-state index contributed by atoms with van der Waals surface area (Å²) >= 11 is 3.44. The number of hydrogen-bond donors (Lipinski definition) is 1. The Morgan fingerprint density at radius 1 is 1.36 bits per heavy atom. The van der Waals surface area contributed by atoms with Crippen LogP contribution < -0.4 is 10.1 Å². The largest absolute Gasteiger partial charge is 0.491 e. The quantitative estimate of drug-likeness (QED) is 0.870. The minimum Gasteiger partial charge on any atom is -0.491 e. The lowest BCUT2D eigenvalue weighted by molar-refractivity contribution is 0.319. The first-order chi connectivity index (χ1) is 6.77. The maximum absolute atomic E-state index is 5.61. The Balaban J connectivity index is 2.78. The number of rotatable bonds is 5. The van der Waals surface area contributed by atoms with Crippen molar-refractivity contribution in [3.8, 4) is 5.75 Å².